The average molecular weight is 844 g/mol. The third kappa shape index (κ3) is 45.6. The molecule has 0 spiro atoms. The first kappa shape index (κ1) is 58.1. The normalized spacial score (nSPS) is 12.9. The Morgan fingerprint density at radius 3 is 1.23 bits per heavy atom. The summed E-state index contributed by atoms with van der Waals surface area (Å²) in [5, 5.41) is 23.1. The fraction of sp³-hybridized carbons (Fsp3) is 0.852. The van der Waals surface area contributed by atoms with Crippen molar-refractivity contribution in [3.8, 4) is 0 Å². The number of nitrogens with one attached hydrogen (secondary N) is 1. The van der Waals surface area contributed by atoms with Crippen LogP contribution < -0.4 is 5.32 Å². The van der Waals surface area contributed by atoms with E-state index in [2.05, 4.69) is 43.5 Å². The fourth-order valence-corrected chi connectivity index (χ4v) is 7.78. The van der Waals surface area contributed by atoms with E-state index in [-0.39, 0.29) is 18.5 Å². The number of unbranched alkanes of at least 4 members (excludes halogenated alkanes) is 33. The smallest absolute Gasteiger partial charge is 0.305 e. The van der Waals surface area contributed by atoms with E-state index in [0.717, 1.165) is 77.0 Å². The van der Waals surface area contributed by atoms with Crippen molar-refractivity contribution in [2.75, 3.05) is 13.2 Å². The molecule has 0 fully saturated rings. The highest BCUT2D eigenvalue weighted by Crippen LogP contribution is 2.16. The highest BCUT2D eigenvalue weighted by molar-refractivity contribution is 5.76. The molecule has 0 saturated carbocycles. The quantitative estimate of drug-likeness (QED) is 0.0322. The molecular weight excluding hydrogens is 743 g/mol. The molecule has 0 rings (SSSR count). The molecule has 0 aliphatic heterocycles. The molecule has 6 heteroatoms. The molecule has 0 bridgehead atoms. The Kier molecular flexibility index (Phi) is 48.1. The summed E-state index contributed by atoms with van der Waals surface area (Å²) in [6.07, 6.45) is 60.1. The van der Waals surface area contributed by atoms with Crippen molar-refractivity contribution in [1.29, 1.82) is 0 Å². The Balaban J connectivity index is 3.57. The summed E-state index contributed by atoms with van der Waals surface area (Å²) in [6.45, 7) is 4.77. The van der Waals surface area contributed by atoms with Crippen molar-refractivity contribution < 1.29 is 24.5 Å². The Morgan fingerprint density at radius 1 is 0.450 bits per heavy atom. The highest BCUT2D eigenvalue weighted by Gasteiger charge is 2.18. The summed E-state index contributed by atoms with van der Waals surface area (Å²) in [5.41, 5.74) is 0. The lowest BCUT2D eigenvalue weighted by atomic mass is 10.0. The van der Waals surface area contributed by atoms with Gasteiger partial charge in [0.15, 0.2) is 0 Å². The maximum absolute atomic E-state index is 12.4. The number of aliphatic hydroxyl groups excluding tert-OH is 2. The maximum Gasteiger partial charge on any atom is 0.305 e. The second-order valence-corrected chi connectivity index (χ2v) is 17.8. The van der Waals surface area contributed by atoms with Gasteiger partial charge in [-0.1, -0.05) is 217 Å². The molecule has 0 heterocycles. The minimum atomic E-state index is -0.867. The van der Waals surface area contributed by atoms with Gasteiger partial charge in [0.1, 0.15) is 0 Å². The van der Waals surface area contributed by atoms with Gasteiger partial charge in [0.2, 0.25) is 5.91 Å². The lowest BCUT2D eigenvalue weighted by Crippen LogP contribution is -2.45. The number of carbonyl (C=O) groups excluding carboxylic acids is 2. The molecule has 2 unspecified atom stereocenters. The molecule has 0 aliphatic carbocycles. The number of amides is 1. The van der Waals surface area contributed by atoms with E-state index in [1.807, 2.05) is 6.08 Å². The number of aliphatic hydroxyl groups is 2. The number of rotatable bonds is 48. The highest BCUT2D eigenvalue weighted by atomic mass is 16.5. The summed E-state index contributed by atoms with van der Waals surface area (Å²) < 4.78 is 5.41. The Bertz CT molecular complexity index is 977. The van der Waals surface area contributed by atoms with Crippen molar-refractivity contribution in [3.05, 3.63) is 36.5 Å². The zero-order valence-electron chi connectivity index (χ0n) is 39.9. The molecule has 3 N–H and O–H groups in total. The minimum absolute atomic E-state index is 0.0496. The van der Waals surface area contributed by atoms with Gasteiger partial charge in [-0.25, -0.2) is 0 Å². The van der Waals surface area contributed by atoms with E-state index in [0.29, 0.717) is 19.4 Å². The van der Waals surface area contributed by atoms with Crippen molar-refractivity contribution >= 4 is 11.9 Å². The van der Waals surface area contributed by atoms with Crippen LogP contribution in [0.5, 0.6) is 0 Å². The van der Waals surface area contributed by atoms with Crippen molar-refractivity contribution in [2.45, 2.75) is 283 Å². The predicted octanol–water partition coefficient (Wildman–Crippen LogP) is 15.7. The summed E-state index contributed by atoms with van der Waals surface area (Å²) in [5.74, 6) is -0.153. The standard InChI is InChI=1S/C54H101NO5/c1-3-5-7-9-11-13-15-16-17-18-19-20-21-22-23-24-25-27-30-34-38-42-46-52(57)51(50-56)55-53(58)47-43-39-35-31-28-29-33-37-41-45-49-60-54(59)48-44-40-36-32-26-14-12-10-8-6-4-2/h10,12,29,33,42,46,51-52,56-57H,3-9,11,13-28,30-32,34-41,43-45,47-50H2,1-2H3,(H,55,58)/b12-10-,33-29-,46-42+. The second kappa shape index (κ2) is 49.7. The van der Waals surface area contributed by atoms with E-state index in [9.17, 15) is 19.8 Å². The molecule has 352 valence electrons. The topological polar surface area (TPSA) is 95.9 Å². The van der Waals surface area contributed by atoms with Crippen LogP contribution in [0.1, 0.15) is 271 Å². The average Bonchev–Trinajstić information content (AvgIpc) is 3.25. The van der Waals surface area contributed by atoms with Gasteiger partial charge in [-0.3, -0.25) is 9.59 Å². The molecule has 0 aliphatic rings. The van der Waals surface area contributed by atoms with Gasteiger partial charge in [0.25, 0.3) is 0 Å². The molecule has 0 saturated heterocycles. The first-order chi connectivity index (χ1) is 29.5. The predicted molar refractivity (Wildman–Crippen MR) is 259 cm³/mol. The number of carbonyl (C=O) groups is 2. The molecular formula is C54H101NO5. The lowest BCUT2D eigenvalue weighted by molar-refractivity contribution is -0.143. The Morgan fingerprint density at radius 2 is 0.800 bits per heavy atom. The van der Waals surface area contributed by atoms with Crippen LogP contribution in [-0.2, 0) is 14.3 Å². The van der Waals surface area contributed by atoms with Crippen LogP contribution >= 0.6 is 0 Å². The van der Waals surface area contributed by atoms with Crippen LogP contribution in [0.25, 0.3) is 0 Å². The zero-order valence-corrected chi connectivity index (χ0v) is 39.9. The summed E-state index contributed by atoms with van der Waals surface area (Å²) in [7, 11) is 0. The molecule has 0 aromatic rings. The van der Waals surface area contributed by atoms with Gasteiger partial charge < -0.3 is 20.3 Å². The zero-order chi connectivity index (χ0) is 43.7. The van der Waals surface area contributed by atoms with Crippen molar-refractivity contribution in [2.24, 2.45) is 0 Å². The molecule has 1 amide bonds. The van der Waals surface area contributed by atoms with Gasteiger partial charge in [-0.05, 0) is 77.0 Å². The number of esters is 1. The van der Waals surface area contributed by atoms with E-state index < -0.39 is 12.1 Å². The van der Waals surface area contributed by atoms with Crippen LogP contribution in [0.4, 0.5) is 0 Å². The number of hydrogen-bond acceptors (Lipinski definition) is 5. The van der Waals surface area contributed by atoms with Crippen LogP contribution in [-0.4, -0.2) is 47.4 Å². The number of allylic oxidation sites excluding steroid dienone is 5. The third-order valence-corrected chi connectivity index (χ3v) is 11.9. The van der Waals surface area contributed by atoms with E-state index in [4.69, 9.17) is 4.74 Å². The second-order valence-electron chi connectivity index (χ2n) is 17.8. The monoisotopic (exact) mass is 844 g/mol. The molecule has 0 aromatic carbocycles. The number of ether oxygens (including phenoxy) is 1. The summed E-state index contributed by atoms with van der Waals surface area (Å²) in [6, 6.07) is -0.654. The molecule has 2 atom stereocenters. The minimum Gasteiger partial charge on any atom is -0.466 e. The van der Waals surface area contributed by atoms with Crippen LogP contribution in [0.3, 0.4) is 0 Å². The Labute approximate surface area is 373 Å². The van der Waals surface area contributed by atoms with E-state index in [1.165, 1.54) is 167 Å². The number of hydrogen-bond donors (Lipinski definition) is 3. The molecule has 0 radical (unpaired) electrons. The SMILES string of the molecule is CCCC/C=C\CCCCCCCC(=O)OCCCC/C=C\CCCCCCC(=O)NC(CO)C(O)/C=C/CCCCCCCCCCCCCCCCCCCCCC. The van der Waals surface area contributed by atoms with E-state index >= 15 is 0 Å². The van der Waals surface area contributed by atoms with Crippen molar-refractivity contribution in [3.63, 3.8) is 0 Å². The van der Waals surface area contributed by atoms with Crippen molar-refractivity contribution in [1.82, 2.24) is 5.32 Å². The Hall–Kier alpha value is -1.92. The van der Waals surface area contributed by atoms with E-state index in [1.54, 1.807) is 6.08 Å². The summed E-state index contributed by atoms with van der Waals surface area (Å²) >= 11 is 0. The van der Waals surface area contributed by atoms with Crippen LogP contribution in [0.15, 0.2) is 36.5 Å². The lowest BCUT2D eigenvalue weighted by Gasteiger charge is -2.20. The molecule has 60 heavy (non-hydrogen) atoms. The van der Waals surface area contributed by atoms with Gasteiger partial charge in [0, 0.05) is 12.8 Å². The van der Waals surface area contributed by atoms with Crippen LogP contribution in [0.2, 0.25) is 0 Å². The summed E-state index contributed by atoms with van der Waals surface area (Å²) in [4.78, 5) is 24.4. The third-order valence-electron chi connectivity index (χ3n) is 11.9. The molecule has 0 aromatic heterocycles. The fourth-order valence-electron chi connectivity index (χ4n) is 7.78. The van der Waals surface area contributed by atoms with Crippen LogP contribution in [0, 0.1) is 0 Å². The van der Waals surface area contributed by atoms with Gasteiger partial charge in [0.05, 0.1) is 25.4 Å². The first-order valence-electron chi connectivity index (χ1n) is 26.3. The van der Waals surface area contributed by atoms with Gasteiger partial charge >= 0.3 is 5.97 Å². The van der Waals surface area contributed by atoms with Gasteiger partial charge in [-0.2, -0.15) is 0 Å². The molecule has 6 nitrogen and oxygen atoms in total. The first-order valence-corrected chi connectivity index (χ1v) is 26.3. The van der Waals surface area contributed by atoms with Gasteiger partial charge in [-0.15, -0.1) is 0 Å². The largest absolute Gasteiger partial charge is 0.466 e. The maximum atomic E-state index is 12.4.